The number of nitrogens with zero attached hydrogens (tertiary/aromatic N) is 4. The van der Waals surface area contributed by atoms with Crippen LogP contribution in [0.3, 0.4) is 0 Å². The number of piperidine rings is 1. The normalized spacial score (nSPS) is 18.3. The number of benzene rings is 2. The van der Waals surface area contributed by atoms with Crippen LogP contribution in [0.25, 0.3) is 0 Å². The van der Waals surface area contributed by atoms with Crippen LogP contribution in [0.1, 0.15) is 84.1 Å². The van der Waals surface area contributed by atoms with Gasteiger partial charge >= 0.3 is 6.18 Å². The first kappa shape index (κ1) is 44.3. The summed E-state index contributed by atoms with van der Waals surface area (Å²) < 4.78 is 56.8. The molecule has 330 valence electrons. The van der Waals surface area contributed by atoms with Crippen LogP contribution < -0.4 is 15.4 Å². The third kappa shape index (κ3) is 11.8. The van der Waals surface area contributed by atoms with Crippen LogP contribution in [-0.2, 0) is 44.6 Å². The minimum Gasteiger partial charge on any atom is -0.506 e. The maximum atomic E-state index is 13.5. The zero-order valence-electron chi connectivity index (χ0n) is 34.6. The molecular weight excluding hydrogens is 794 g/mol. The van der Waals surface area contributed by atoms with Crippen molar-refractivity contribution in [3.8, 4) is 11.5 Å². The molecular formula is C45H57F3N6O7. The Balaban J connectivity index is 0.812. The largest absolute Gasteiger partial charge is 0.506 e. The number of carbonyl (C=O) groups is 3. The number of pyridine rings is 1. The van der Waals surface area contributed by atoms with E-state index in [-0.39, 0.29) is 41.8 Å². The highest BCUT2D eigenvalue weighted by atomic mass is 19.4. The van der Waals surface area contributed by atoms with Crippen LogP contribution in [0.5, 0.6) is 11.5 Å². The van der Waals surface area contributed by atoms with Gasteiger partial charge in [0, 0.05) is 51.5 Å². The minimum absolute atomic E-state index is 0.00236. The number of carbonyl (C=O) groups excluding carboxylic acids is 3. The third-order valence-corrected chi connectivity index (χ3v) is 12.3. The predicted octanol–water partition coefficient (Wildman–Crippen LogP) is 5.59. The summed E-state index contributed by atoms with van der Waals surface area (Å²) in [6.07, 6.45) is 4.87. The van der Waals surface area contributed by atoms with Crippen molar-refractivity contribution < 1.29 is 46.9 Å². The van der Waals surface area contributed by atoms with Gasteiger partial charge in [0.2, 0.25) is 5.91 Å². The molecule has 4 aliphatic rings. The Hall–Kier alpha value is -4.77. The van der Waals surface area contributed by atoms with Gasteiger partial charge in [0.05, 0.1) is 44.0 Å². The molecule has 3 fully saturated rings. The molecule has 1 spiro atoms. The van der Waals surface area contributed by atoms with Gasteiger partial charge in [-0.1, -0.05) is 49.6 Å². The Morgan fingerprint density at radius 2 is 1.80 bits per heavy atom. The van der Waals surface area contributed by atoms with Crippen molar-refractivity contribution in [1.82, 2.24) is 25.0 Å². The first-order valence-electron chi connectivity index (χ1n) is 21.6. The van der Waals surface area contributed by atoms with Crippen LogP contribution in [-0.4, -0.2) is 126 Å². The number of halogens is 3. The molecule has 2 aromatic carbocycles. The highest BCUT2D eigenvalue weighted by Crippen LogP contribution is 2.39. The Morgan fingerprint density at radius 1 is 1.00 bits per heavy atom. The third-order valence-electron chi connectivity index (χ3n) is 12.3. The van der Waals surface area contributed by atoms with E-state index in [0.29, 0.717) is 83.0 Å². The van der Waals surface area contributed by atoms with Crippen molar-refractivity contribution >= 4 is 23.4 Å². The van der Waals surface area contributed by atoms with Crippen LogP contribution in [0.4, 0.5) is 18.9 Å². The number of hydrogen-bond acceptors (Lipinski definition) is 10. The number of rotatable bonds is 16. The van der Waals surface area contributed by atoms with Gasteiger partial charge in [-0.25, -0.2) is 0 Å². The highest BCUT2D eigenvalue weighted by Gasteiger charge is 2.41. The molecule has 2 saturated heterocycles. The number of likely N-dealkylation sites (tertiary alicyclic amines) is 1. The van der Waals surface area contributed by atoms with E-state index in [2.05, 4.69) is 44.8 Å². The van der Waals surface area contributed by atoms with E-state index >= 15 is 0 Å². The minimum atomic E-state index is -4.51. The number of ether oxygens (including phenoxy) is 3. The molecule has 3 aliphatic heterocycles. The van der Waals surface area contributed by atoms with Crippen molar-refractivity contribution in [3.63, 3.8) is 0 Å². The van der Waals surface area contributed by atoms with Gasteiger partial charge in [-0.2, -0.15) is 13.2 Å². The molecule has 3 aromatic rings. The summed E-state index contributed by atoms with van der Waals surface area (Å²) in [6, 6.07) is 14.1. The molecule has 4 heterocycles. The Bertz CT molecular complexity index is 1970. The Morgan fingerprint density at radius 3 is 2.57 bits per heavy atom. The Kier molecular flexibility index (Phi) is 14.8. The molecule has 0 radical (unpaired) electrons. The summed E-state index contributed by atoms with van der Waals surface area (Å²) in [5.74, 6) is -0.0811. The molecule has 61 heavy (non-hydrogen) atoms. The number of anilines is 1. The van der Waals surface area contributed by atoms with Gasteiger partial charge < -0.3 is 39.8 Å². The van der Waals surface area contributed by atoms with Gasteiger partial charge in [-0.15, -0.1) is 0 Å². The fourth-order valence-corrected chi connectivity index (χ4v) is 8.89. The molecule has 1 saturated carbocycles. The maximum absolute atomic E-state index is 13.5. The van der Waals surface area contributed by atoms with E-state index in [1.165, 1.54) is 12.0 Å². The first-order valence-corrected chi connectivity index (χ1v) is 21.6. The standard InChI is InChI=1S/C45H57F3N6O7/c46-45(47,48)35-10-11-37(50-28-35)43(58)53-23-26-61-44(31-53)16-20-52(21-17-44)29-33-6-4-5-32(27-33)14-24-59-25-15-40(57)54(36-7-2-1-3-8-36)22-19-49-18-13-34-9-12-38(55)41-42(34)60-30-39(56)51-41/h4-6,9-12,27-28,36,49,55H,1-3,7-8,13-26,29-31H2,(H,51,56). The van der Waals surface area contributed by atoms with Gasteiger partial charge in [0.25, 0.3) is 11.8 Å². The molecule has 1 aromatic heterocycles. The zero-order valence-corrected chi connectivity index (χ0v) is 34.6. The molecule has 0 unspecified atom stereocenters. The number of morpholine rings is 1. The molecule has 3 N–H and O–H groups in total. The molecule has 1 aliphatic carbocycles. The summed E-state index contributed by atoms with van der Waals surface area (Å²) in [5.41, 5.74) is 2.19. The van der Waals surface area contributed by atoms with E-state index in [4.69, 9.17) is 14.2 Å². The summed E-state index contributed by atoms with van der Waals surface area (Å²) in [7, 11) is 0. The summed E-state index contributed by atoms with van der Waals surface area (Å²) >= 11 is 0. The SMILES string of the molecule is O=C1COc2c(CCNCCN(C(=O)CCOCCc3cccc(CN4CCC5(CC4)CN(C(=O)c4ccc(C(F)(F)F)cn4)CCO5)c3)C3CCCCC3)ccc(O)c2N1. The van der Waals surface area contributed by atoms with Crippen molar-refractivity contribution in [2.45, 2.75) is 88.6 Å². The predicted molar refractivity (Wildman–Crippen MR) is 221 cm³/mol. The monoisotopic (exact) mass is 850 g/mol. The highest BCUT2D eigenvalue weighted by molar-refractivity contribution is 5.97. The second kappa shape index (κ2) is 20.4. The quantitative estimate of drug-likeness (QED) is 0.123. The van der Waals surface area contributed by atoms with E-state index in [1.54, 1.807) is 17.0 Å². The van der Waals surface area contributed by atoms with E-state index < -0.39 is 17.3 Å². The van der Waals surface area contributed by atoms with Gasteiger partial charge in [0.1, 0.15) is 17.1 Å². The van der Waals surface area contributed by atoms with Crippen LogP contribution in [0, 0.1) is 0 Å². The van der Waals surface area contributed by atoms with Crippen LogP contribution in [0.2, 0.25) is 0 Å². The number of amides is 3. The number of fused-ring (bicyclic) bond motifs is 1. The number of alkyl halides is 3. The lowest BCUT2D eigenvalue weighted by atomic mass is 9.89. The lowest BCUT2D eigenvalue weighted by Gasteiger charge is -2.47. The first-order chi connectivity index (χ1) is 29.5. The van der Waals surface area contributed by atoms with E-state index in [1.807, 2.05) is 4.90 Å². The summed E-state index contributed by atoms with van der Waals surface area (Å²) in [5, 5.41) is 16.3. The molecule has 3 amide bonds. The van der Waals surface area contributed by atoms with Crippen molar-refractivity contribution in [1.29, 1.82) is 0 Å². The zero-order chi connectivity index (χ0) is 42.8. The van der Waals surface area contributed by atoms with Crippen LogP contribution >= 0.6 is 0 Å². The number of phenols is 1. The molecule has 7 rings (SSSR count). The molecule has 0 atom stereocenters. The number of hydrogen-bond donors (Lipinski definition) is 3. The lowest BCUT2D eigenvalue weighted by Crippen LogP contribution is -2.58. The van der Waals surface area contributed by atoms with Gasteiger partial charge in [0.15, 0.2) is 12.4 Å². The summed E-state index contributed by atoms with van der Waals surface area (Å²) in [6.45, 7) is 6.16. The number of nitrogens with one attached hydrogen (secondary N) is 2. The number of aromatic nitrogens is 1. The van der Waals surface area contributed by atoms with E-state index in [9.17, 15) is 32.7 Å². The average Bonchev–Trinajstić information content (AvgIpc) is 3.26. The molecule has 13 nitrogen and oxygen atoms in total. The van der Waals surface area contributed by atoms with Crippen LogP contribution in [0.15, 0.2) is 54.7 Å². The van der Waals surface area contributed by atoms with Gasteiger partial charge in [-0.3, -0.25) is 24.3 Å². The molecule has 16 heteroatoms. The fourth-order valence-electron chi connectivity index (χ4n) is 8.89. The lowest BCUT2D eigenvalue weighted by molar-refractivity contribution is -0.138. The van der Waals surface area contributed by atoms with Crippen molar-refractivity contribution in [2.75, 3.05) is 77.6 Å². The average molecular weight is 851 g/mol. The second-order valence-electron chi connectivity index (χ2n) is 16.6. The van der Waals surface area contributed by atoms with E-state index in [0.717, 1.165) is 87.8 Å². The Labute approximate surface area is 354 Å². The van der Waals surface area contributed by atoms with Crippen molar-refractivity contribution in [3.05, 3.63) is 82.7 Å². The second-order valence-corrected chi connectivity index (χ2v) is 16.6. The summed E-state index contributed by atoms with van der Waals surface area (Å²) in [4.78, 5) is 48.3. The smallest absolute Gasteiger partial charge is 0.417 e. The maximum Gasteiger partial charge on any atom is 0.417 e. The van der Waals surface area contributed by atoms with Crippen molar-refractivity contribution in [2.24, 2.45) is 0 Å². The number of phenolic OH excluding ortho intramolecular Hbond substituents is 1. The number of aromatic hydroxyl groups is 1. The topological polar surface area (TPSA) is 146 Å². The fraction of sp³-hybridized carbons (Fsp3) is 0.556. The van der Waals surface area contributed by atoms with Gasteiger partial charge in [-0.05, 0) is 80.0 Å². The molecule has 0 bridgehead atoms.